The van der Waals surface area contributed by atoms with E-state index in [1.54, 1.807) is 23.2 Å². The van der Waals surface area contributed by atoms with E-state index in [0.717, 1.165) is 37.2 Å². The second kappa shape index (κ2) is 10.6. The van der Waals surface area contributed by atoms with Crippen LogP contribution < -0.4 is 10.1 Å². The number of nitrogens with one attached hydrogen (secondary N) is 1. The first-order chi connectivity index (χ1) is 18.1. The molecule has 1 aliphatic rings. The summed E-state index contributed by atoms with van der Waals surface area (Å²) in [4.78, 5) is 28.7. The maximum Gasteiger partial charge on any atom is 0.227 e. The first kappa shape index (κ1) is 24.1. The molecular weight excluding hydrogens is 530 g/mol. The monoisotopic (exact) mass is 551 g/mol. The van der Waals surface area contributed by atoms with Gasteiger partial charge in [0.25, 0.3) is 0 Å². The third kappa shape index (κ3) is 5.24. The third-order valence-corrected chi connectivity index (χ3v) is 8.10. The number of aromatic nitrogens is 3. The van der Waals surface area contributed by atoms with E-state index in [2.05, 4.69) is 26.3 Å². The SMILES string of the molecule is O=C(Cc1ccc2c(c1)sc1ncnc(Nc3ccc(OCc4cscn4)c(Cl)c3)c12)N1CCOCC1. The van der Waals surface area contributed by atoms with Crippen molar-refractivity contribution in [1.29, 1.82) is 0 Å². The normalized spacial score (nSPS) is 13.8. The highest BCUT2D eigenvalue weighted by molar-refractivity contribution is 7.25. The molecule has 1 fully saturated rings. The van der Waals surface area contributed by atoms with Gasteiger partial charge in [-0.3, -0.25) is 4.79 Å². The summed E-state index contributed by atoms with van der Waals surface area (Å²) in [7, 11) is 0. The van der Waals surface area contributed by atoms with Crippen LogP contribution in [-0.2, 0) is 22.6 Å². The van der Waals surface area contributed by atoms with Gasteiger partial charge in [0.15, 0.2) is 0 Å². The van der Waals surface area contributed by atoms with Crippen molar-refractivity contribution in [1.82, 2.24) is 19.9 Å². The number of morpholine rings is 1. The van der Waals surface area contributed by atoms with E-state index < -0.39 is 0 Å². The number of amides is 1. The Balaban J connectivity index is 1.22. The summed E-state index contributed by atoms with van der Waals surface area (Å²) in [6.07, 6.45) is 1.92. The number of thiophene rings is 1. The second-order valence-corrected chi connectivity index (χ2v) is 10.7. The molecule has 8 nitrogen and oxygen atoms in total. The zero-order chi connectivity index (χ0) is 25.2. The number of hydrogen-bond donors (Lipinski definition) is 1. The summed E-state index contributed by atoms with van der Waals surface area (Å²) in [5, 5.41) is 7.81. The molecule has 0 radical (unpaired) electrons. The lowest BCUT2D eigenvalue weighted by molar-refractivity contribution is -0.134. The molecule has 1 saturated heterocycles. The Kier molecular flexibility index (Phi) is 6.88. The number of fused-ring (bicyclic) bond motifs is 3. The number of rotatable bonds is 7. The van der Waals surface area contributed by atoms with Crippen molar-refractivity contribution in [3.63, 3.8) is 0 Å². The van der Waals surface area contributed by atoms with Gasteiger partial charge in [0, 0.05) is 34.2 Å². The summed E-state index contributed by atoms with van der Waals surface area (Å²) >= 11 is 9.61. The van der Waals surface area contributed by atoms with Gasteiger partial charge in [-0.05, 0) is 29.8 Å². The van der Waals surface area contributed by atoms with Crippen LogP contribution in [0.2, 0.25) is 5.02 Å². The minimum atomic E-state index is 0.127. The van der Waals surface area contributed by atoms with Crippen molar-refractivity contribution in [2.24, 2.45) is 0 Å². The average Bonchev–Trinajstić information content (AvgIpc) is 3.56. The van der Waals surface area contributed by atoms with Gasteiger partial charge in [-0.15, -0.1) is 22.7 Å². The highest BCUT2D eigenvalue weighted by Gasteiger charge is 2.18. The molecule has 0 spiro atoms. The van der Waals surface area contributed by atoms with Gasteiger partial charge >= 0.3 is 0 Å². The standard InChI is InChI=1S/C26H22ClN5O3S2/c27-20-11-17(2-4-21(20)35-12-18-13-36-15-30-18)31-25-24-19-3-1-16(9-22(19)37-26(24)29-14-28-25)10-23(33)32-5-7-34-8-6-32/h1-4,9,11,13-15H,5-8,10,12H2,(H,28,29,31). The lowest BCUT2D eigenvalue weighted by atomic mass is 10.1. The summed E-state index contributed by atoms with van der Waals surface area (Å²) in [6, 6.07) is 11.7. The highest BCUT2D eigenvalue weighted by atomic mass is 35.5. The van der Waals surface area contributed by atoms with Gasteiger partial charge in [-0.1, -0.05) is 23.7 Å². The van der Waals surface area contributed by atoms with Crippen molar-refractivity contribution in [3.8, 4) is 5.75 Å². The summed E-state index contributed by atoms with van der Waals surface area (Å²) in [5.74, 6) is 1.41. The van der Waals surface area contributed by atoms with E-state index in [1.807, 2.05) is 40.6 Å². The fraction of sp³-hybridized carbons (Fsp3) is 0.231. The number of thiazole rings is 1. The van der Waals surface area contributed by atoms with Gasteiger partial charge in [0.05, 0.1) is 41.2 Å². The molecule has 0 aliphatic carbocycles. The number of benzene rings is 2. The van der Waals surface area contributed by atoms with E-state index in [-0.39, 0.29) is 5.91 Å². The average molecular weight is 552 g/mol. The molecule has 11 heteroatoms. The molecule has 2 aromatic carbocycles. The predicted molar refractivity (Wildman–Crippen MR) is 147 cm³/mol. The number of ether oxygens (including phenoxy) is 2. The van der Waals surface area contributed by atoms with Gasteiger partial charge < -0.3 is 19.7 Å². The molecule has 6 rings (SSSR count). The van der Waals surface area contributed by atoms with E-state index in [9.17, 15) is 4.79 Å². The number of nitrogens with zero attached hydrogens (tertiary/aromatic N) is 4. The molecule has 5 aromatic rings. The third-order valence-electron chi connectivity index (χ3n) is 6.11. The van der Waals surface area contributed by atoms with Crippen molar-refractivity contribution >= 4 is 72.0 Å². The van der Waals surface area contributed by atoms with Crippen molar-refractivity contribution in [3.05, 3.63) is 69.9 Å². The Morgan fingerprint density at radius 1 is 1.14 bits per heavy atom. The number of carbonyl (C=O) groups is 1. The van der Waals surface area contributed by atoms with Crippen molar-refractivity contribution < 1.29 is 14.3 Å². The summed E-state index contributed by atoms with van der Waals surface area (Å²) in [5.41, 5.74) is 4.41. The fourth-order valence-corrected chi connectivity index (χ4v) is 6.13. The van der Waals surface area contributed by atoms with Crippen LogP contribution in [0.3, 0.4) is 0 Å². The van der Waals surface area contributed by atoms with Crippen LogP contribution in [0, 0.1) is 0 Å². The van der Waals surface area contributed by atoms with E-state index >= 15 is 0 Å². The van der Waals surface area contributed by atoms with E-state index in [1.165, 1.54) is 11.3 Å². The minimum Gasteiger partial charge on any atom is -0.486 e. The molecular formula is C26H22ClN5O3S2. The minimum absolute atomic E-state index is 0.127. The molecule has 0 unspecified atom stereocenters. The molecule has 0 bridgehead atoms. The number of hydrogen-bond acceptors (Lipinski definition) is 9. The summed E-state index contributed by atoms with van der Waals surface area (Å²) in [6.45, 7) is 2.87. The van der Waals surface area contributed by atoms with Crippen molar-refractivity contribution in [2.45, 2.75) is 13.0 Å². The Hall–Kier alpha value is -3.31. The maximum atomic E-state index is 12.7. The van der Waals surface area contributed by atoms with Crippen LogP contribution in [0.15, 0.2) is 53.6 Å². The smallest absolute Gasteiger partial charge is 0.227 e. The lowest BCUT2D eigenvalue weighted by Gasteiger charge is -2.26. The predicted octanol–water partition coefficient (Wildman–Crippen LogP) is 5.68. The molecule has 1 amide bonds. The zero-order valence-corrected chi connectivity index (χ0v) is 22.0. The van der Waals surface area contributed by atoms with Crippen molar-refractivity contribution in [2.75, 3.05) is 31.6 Å². The van der Waals surface area contributed by atoms with E-state index in [0.29, 0.717) is 55.9 Å². The van der Waals surface area contributed by atoms with Crippen LogP contribution in [0.4, 0.5) is 11.5 Å². The maximum absolute atomic E-state index is 12.7. The number of halogens is 1. The molecule has 1 aliphatic heterocycles. The second-order valence-electron chi connectivity index (χ2n) is 8.54. The molecule has 0 atom stereocenters. The Morgan fingerprint density at radius 3 is 2.84 bits per heavy atom. The molecule has 4 heterocycles. The van der Waals surface area contributed by atoms with Gasteiger partial charge in [-0.2, -0.15) is 0 Å². The van der Waals surface area contributed by atoms with Crippen LogP contribution in [0.5, 0.6) is 5.75 Å². The summed E-state index contributed by atoms with van der Waals surface area (Å²) < 4.78 is 12.2. The fourth-order valence-electron chi connectivity index (χ4n) is 4.25. The lowest BCUT2D eigenvalue weighted by Crippen LogP contribution is -2.41. The van der Waals surface area contributed by atoms with Crippen LogP contribution in [0.1, 0.15) is 11.3 Å². The zero-order valence-electron chi connectivity index (χ0n) is 19.6. The quantitative estimate of drug-likeness (QED) is 0.278. The first-order valence-electron chi connectivity index (χ1n) is 11.7. The Bertz CT molecular complexity index is 1570. The molecule has 37 heavy (non-hydrogen) atoms. The van der Waals surface area contributed by atoms with E-state index in [4.69, 9.17) is 21.1 Å². The molecule has 0 saturated carbocycles. The topological polar surface area (TPSA) is 89.5 Å². The van der Waals surface area contributed by atoms with Crippen LogP contribution in [-0.4, -0.2) is 52.1 Å². The van der Waals surface area contributed by atoms with Gasteiger partial charge in [0.2, 0.25) is 5.91 Å². The highest BCUT2D eigenvalue weighted by Crippen LogP contribution is 2.38. The Labute approximate surface area is 225 Å². The first-order valence-corrected chi connectivity index (χ1v) is 13.9. The molecule has 3 aromatic heterocycles. The Morgan fingerprint density at radius 2 is 2.03 bits per heavy atom. The molecule has 1 N–H and O–H groups in total. The number of carbonyl (C=O) groups excluding carboxylic acids is 1. The largest absolute Gasteiger partial charge is 0.486 e. The molecule has 188 valence electrons. The van der Waals surface area contributed by atoms with Gasteiger partial charge in [-0.25, -0.2) is 15.0 Å². The van der Waals surface area contributed by atoms with Crippen LogP contribution >= 0.6 is 34.3 Å². The number of anilines is 2. The van der Waals surface area contributed by atoms with Gasteiger partial charge in [0.1, 0.15) is 29.3 Å². The van der Waals surface area contributed by atoms with Crippen LogP contribution in [0.25, 0.3) is 20.3 Å².